The van der Waals surface area contributed by atoms with E-state index in [-0.39, 0.29) is 6.04 Å². The van der Waals surface area contributed by atoms with Crippen LogP contribution in [0.4, 0.5) is 5.82 Å². The first-order chi connectivity index (χ1) is 9.04. The van der Waals surface area contributed by atoms with Gasteiger partial charge in [0.2, 0.25) is 0 Å². The Morgan fingerprint density at radius 2 is 2.11 bits per heavy atom. The molecule has 0 spiro atoms. The minimum absolute atomic E-state index is 0.282. The van der Waals surface area contributed by atoms with Crippen molar-refractivity contribution in [2.75, 3.05) is 11.4 Å². The van der Waals surface area contributed by atoms with Crippen LogP contribution in [0.25, 0.3) is 0 Å². The van der Waals surface area contributed by atoms with Gasteiger partial charge in [-0.25, -0.2) is 9.97 Å². The predicted molar refractivity (Wildman–Crippen MR) is 76.5 cm³/mol. The van der Waals surface area contributed by atoms with Gasteiger partial charge < -0.3 is 4.90 Å². The van der Waals surface area contributed by atoms with Gasteiger partial charge in [-0.3, -0.25) is 0 Å². The molecule has 1 fully saturated rings. The molecule has 2 rings (SSSR count). The number of nitrogens with zero attached hydrogens (tertiary/aromatic N) is 4. The average molecular weight is 279 g/mol. The van der Waals surface area contributed by atoms with Gasteiger partial charge in [-0.05, 0) is 33.6 Å². The quantitative estimate of drug-likeness (QED) is 0.774. The number of nitriles is 1. The van der Waals surface area contributed by atoms with Crippen LogP contribution in [0.1, 0.15) is 50.4 Å². The monoisotopic (exact) mass is 278 g/mol. The zero-order valence-electron chi connectivity index (χ0n) is 11.6. The highest BCUT2D eigenvalue weighted by atomic mass is 35.5. The lowest BCUT2D eigenvalue weighted by atomic mass is 10.2. The van der Waals surface area contributed by atoms with Crippen LogP contribution < -0.4 is 4.90 Å². The molecule has 0 bridgehead atoms. The summed E-state index contributed by atoms with van der Waals surface area (Å²) in [5.41, 5.74) is 0.901. The Balaban J connectivity index is 2.36. The highest BCUT2D eigenvalue weighted by Crippen LogP contribution is 2.40. The van der Waals surface area contributed by atoms with E-state index in [1.807, 2.05) is 6.92 Å². The van der Waals surface area contributed by atoms with E-state index in [1.165, 1.54) is 0 Å². The first kappa shape index (κ1) is 14.1. The maximum Gasteiger partial charge on any atom is 0.137 e. The number of hydrogen-bond donors (Lipinski definition) is 0. The summed E-state index contributed by atoms with van der Waals surface area (Å²) < 4.78 is 0. The van der Waals surface area contributed by atoms with Crippen molar-refractivity contribution in [3.63, 3.8) is 0 Å². The van der Waals surface area contributed by atoms with Crippen molar-refractivity contribution in [3.05, 3.63) is 16.5 Å². The molecule has 0 aliphatic heterocycles. The van der Waals surface area contributed by atoms with Crippen LogP contribution in [0.2, 0.25) is 5.15 Å². The van der Waals surface area contributed by atoms with Gasteiger partial charge in [0.15, 0.2) is 0 Å². The summed E-state index contributed by atoms with van der Waals surface area (Å²) in [5, 5.41) is 9.32. The number of rotatable bonds is 5. The van der Waals surface area contributed by atoms with Crippen LogP contribution in [-0.4, -0.2) is 22.6 Å². The molecule has 0 unspecified atom stereocenters. The summed E-state index contributed by atoms with van der Waals surface area (Å²) in [7, 11) is 0. The molecule has 0 amide bonds. The molecule has 1 aromatic heterocycles. The Hall–Kier alpha value is -1.34. The second-order valence-electron chi connectivity index (χ2n) is 5.29. The van der Waals surface area contributed by atoms with Crippen LogP contribution in [0.3, 0.4) is 0 Å². The van der Waals surface area contributed by atoms with Crippen LogP contribution in [0.5, 0.6) is 0 Å². The first-order valence-corrected chi connectivity index (χ1v) is 7.10. The van der Waals surface area contributed by atoms with Gasteiger partial charge in [0.05, 0.1) is 12.5 Å². The van der Waals surface area contributed by atoms with Crippen molar-refractivity contribution >= 4 is 17.4 Å². The molecule has 0 atom stereocenters. The molecule has 1 aromatic rings. The van der Waals surface area contributed by atoms with Gasteiger partial charge in [0, 0.05) is 24.1 Å². The number of aromatic nitrogens is 2. The molecule has 1 aliphatic rings. The first-order valence-electron chi connectivity index (χ1n) is 6.72. The Morgan fingerprint density at radius 3 is 2.63 bits per heavy atom. The molecule has 1 aliphatic carbocycles. The molecule has 0 N–H and O–H groups in total. The Kier molecular flexibility index (Phi) is 4.26. The van der Waals surface area contributed by atoms with Crippen molar-refractivity contribution in [2.45, 2.75) is 52.0 Å². The fourth-order valence-corrected chi connectivity index (χ4v) is 2.25. The maximum absolute atomic E-state index is 8.79. The Bertz CT molecular complexity index is 503. The zero-order chi connectivity index (χ0) is 14.0. The number of anilines is 1. The molecule has 0 saturated heterocycles. The molecule has 5 heteroatoms. The smallest absolute Gasteiger partial charge is 0.137 e. The fraction of sp³-hybridized carbons (Fsp3) is 0.643. The largest absolute Gasteiger partial charge is 0.353 e. The standard InChI is InChI=1S/C14H19ClN4/c1-9(2)19(8-4-7-16)14-10(3)12(15)17-13(18-14)11-5-6-11/h9,11H,4-6,8H2,1-3H3. The van der Waals surface area contributed by atoms with E-state index in [4.69, 9.17) is 21.8 Å². The van der Waals surface area contributed by atoms with E-state index in [9.17, 15) is 0 Å². The lowest BCUT2D eigenvalue weighted by Gasteiger charge is -2.28. The predicted octanol–water partition coefficient (Wildman–Crippen LogP) is 3.44. The zero-order valence-corrected chi connectivity index (χ0v) is 12.4. The third-order valence-corrected chi connectivity index (χ3v) is 3.75. The molecule has 19 heavy (non-hydrogen) atoms. The normalized spacial score (nSPS) is 14.5. The van der Waals surface area contributed by atoms with Crippen LogP contribution >= 0.6 is 11.6 Å². The van der Waals surface area contributed by atoms with Gasteiger partial charge >= 0.3 is 0 Å². The number of hydrogen-bond acceptors (Lipinski definition) is 4. The van der Waals surface area contributed by atoms with Gasteiger partial charge in [0.1, 0.15) is 16.8 Å². The lowest BCUT2D eigenvalue weighted by molar-refractivity contribution is 0.669. The van der Waals surface area contributed by atoms with E-state index in [0.29, 0.717) is 24.0 Å². The molecular formula is C14H19ClN4. The van der Waals surface area contributed by atoms with E-state index < -0.39 is 0 Å². The lowest BCUT2D eigenvalue weighted by Crippen LogP contribution is -2.33. The SMILES string of the molecule is Cc1c(Cl)nc(C2CC2)nc1N(CCC#N)C(C)C. The van der Waals surface area contributed by atoms with Crippen molar-refractivity contribution in [1.29, 1.82) is 5.26 Å². The van der Waals surface area contributed by atoms with Gasteiger partial charge in [-0.2, -0.15) is 5.26 Å². The van der Waals surface area contributed by atoms with E-state index in [1.54, 1.807) is 0 Å². The highest BCUT2D eigenvalue weighted by molar-refractivity contribution is 6.30. The number of halogens is 1. The van der Waals surface area contributed by atoms with E-state index >= 15 is 0 Å². The molecule has 0 aromatic carbocycles. The molecular weight excluding hydrogens is 260 g/mol. The topological polar surface area (TPSA) is 52.8 Å². The van der Waals surface area contributed by atoms with E-state index in [2.05, 4.69) is 29.8 Å². The summed E-state index contributed by atoms with van der Waals surface area (Å²) in [6.07, 6.45) is 2.79. The molecule has 1 saturated carbocycles. The van der Waals surface area contributed by atoms with Crippen molar-refractivity contribution in [3.8, 4) is 6.07 Å². The second-order valence-corrected chi connectivity index (χ2v) is 5.65. The van der Waals surface area contributed by atoms with Crippen molar-refractivity contribution in [2.24, 2.45) is 0 Å². The van der Waals surface area contributed by atoms with E-state index in [0.717, 1.165) is 30.0 Å². The minimum atomic E-state index is 0.282. The fourth-order valence-electron chi connectivity index (χ4n) is 2.08. The third kappa shape index (κ3) is 3.16. The second kappa shape index (κ2) is 5.75. The van der Waals surface area contributed by atoms with Gasteiger partial charge in [0.25, 0.3) is 0 Å². The summed E-state index contributed by atoms with van der Waals surface area (Å²) in [6, 6.07) is 2.47. The van der Waals surface area contributed by atoms with Crippen molar-refractivity contribution < 1.29 is 0 Å². The summed E-state index contributed by atoms with van der Waals surface area (Å²) in [5.74, 6) is 2.21. The molecule has 4 nitrogen and oxygen atoms in total. The van der Waals surface area contributed by atoms with Gasteiger partial charge in [-0.1, -0.05) is 11.6 Å². The Labute approximate surface area is 119 Å². The molecule has 1 heterocycles. The van der Waals surface area contributed by atoms with Gasteiger partial charge in [-0.15, -0.1) is 0 Å². The van der Waals surface area contributed by atoms with Crippen LogP contribution in [-0.2, 0) is 0 Å². The maximum atomic E-state index is 8.79. The molecule has 102 valence electrons. The summed E-state index contributed by atoms with van der Waals surface area (Å²) in [6.45, 7) is 6.82. The minimum Gasteiger partial charge on any atom is -0.353 e. The van der Waals surface area contributed by atoms with Crippen molar-refractivity contribution in [1.82, 2.24) is 9.97 Å². The van der Waals surface area contributed by atoms with Crippen LogP contribution in [0, 0.1) is 18.3 Å². The van der Waals surface area contributed by atoms with Crippen LogP contribution in [0.15, 0.2) is 0 Å². The average Bonchev–Trinajstić information content (AvgIpc) is 3.18. The molecule has 0 radical (unpaired) electrons. The summed E-state index contributed by atoms with van der Waals surface area (Å²) >= 11 is 6.23. The Morgan fingerprint density at radius 1 is 1.42 bits per heavy atom. The highest BCUT2D eigenvalue weighted by Gasteiger charge is 2.29. The summed E-state index contributed by atoms with van der Waals surface area (Å²) in [4.78, 5) is 11.2. The third-order valence-electron chi connectivity index (χ3n) is 3.38.